The molecule has 3 rings (SSSR count). The second kappa shape index (κ2) is 4.72. The van der Waals surface area contributed by atoms with E-state index < -0.39 is 0 Å². The highest BCUT2D eigenvalue weighted by molar-refractivity contribution is 6.30. The van der Waals surface area contributed by atoms with Crippen LogP contribution in [-0.2, 0) is 0 Å². The first-order chi connectivity index (χ1) is 8.78. The molecule has 1 aromatic rings. The van der Waals surface area contributed by atoms with Crippen LogP contribution in [0.2, 0.25) is 5.15 Å². The van der Waals surface area contributed by atoms with Crippen LogP contribution in [0.4, 0.5) is 0 Å². The molecule has 0 saturated carbocycles. The molecule has 18 heavy (non-hydrogen) atoms. The van der Waals surface area contributed by atoms with Gasteiger partial charge in [-0.05, 0) is 48.9 Å². The number of hydrogen-bond donors (Lipinski definition) is 1. The van der Waals surface area contributed by atoms with Crippen LogP contribution in [0.5, 0.6) is 0 Å². The van der Waals surface area contributed by atoms with E-state index in [1.54, 1.807) is 6.20 Å². The van der Waals surface area contributed by atoms with E-state index in [9.17, 15) is 0 Å². The normalized spacial score (nSPS) is 26.3. The molecule has 1 fully saturated rings. The first-order valence-electron chi connectivity index (χ1n) is 6.26. The molecule has 1 aliphatic carbocycles. The SMILES string of the molecule is N#Cc1cc(C2=CC[C@H]3CCN[C@H]3C2)cnc1Cl. The van der Waals surface area contributed by atoms with Gasteiger partial charge in [0.05, 0.1) is 5.56 Å². The second-order valence-corrected chi connectivity index (χ2v) is 5.31. The molecule has 0 bridgehead atoms. The van der Waals surface area contributed by atoms with Crippen LogP contribution in [0, 0.1) is 17.2 Å². The fourth-order valence-electron chi connectivity index (χ4n) is 2.89. The maximum Gasteiger partial charge on any atom is 0.146 e. The van der Waals surface area contributed by atoms with E-state index in [2.05, 4.69) is 22.4 Å². The Morgan fingerprint density at radius 2 is 2.39 bits per heavy atom. The highest BCUT2D eigenvalue weighted by Gasteiger charge is 2.30. The first kappa shape index (κ1) is 11.7. The van der Waals surface area contributed by atoms with Gasteiger partial charge in [-0.2, -0.15) is 5.26 Å². The minimum Gasteiger partial charge on any atom is -0.313 e. The number of allylic oxidation sites excluding steroid dienone is 1. The minimum atomic E-state index is 0.287. The maximum atomic E-state index is 8.99. The van der Waals surface area contributed by atoms with Crippen LogP contribution >= 0.6 is 11.6 Å². The summed E-state index contributed by atoms with van der Waals surface area (Å²) in [7, 11) is 0. The standard InChI is InChI=1S/C14H14ClN3/c15-14-11(7-16)5-12(8-18-14)10-2-1-9-3-4-17-13(9)6-10/h2,5,8-9,13,17H,1,3-4,6H2/t9-,13-/m0/s1. The summed E-state index contributed by atoms with van der Waals surface area (Å²) < 4.78 is 0. The van der Waals surface area contributed by atoms with Gasteiger partial charge in [0, 0.05) is 12.2 Å². The van der Waals surface area contributed by atoms with Gasteiger partial charge in [-0.1, -0.05) is 17.7 Å². The predicted molar refractivity (Wildman–Crippen MR) is 71.1 cm³/mol. The monoisotopic (exact) mass is 259 g/mol. The molecule has 1 aromatic heterocycles. The van der Waals surface area contributed by atoms with E-state index >= 15 is 0 Å². The van der Waals surface area contributed by atoms with Crippen molar-refractivity contribution in [2.75, 3.05) is 6.54 Å². The zero-order valence-electron chi connectivity index (χ0n) is 9.99. The molecular formula is C14H14ClN3. The number of hydrogen-bond acceptors (Lipinski definition) is 3. The number of nitriles is 1. The molecule has 2 aliphatic rings. The van der Waals surface area contributed by atoms with Gasteiger partial charge in [0.25, 0.3) is 0 Å². The van der Waals surface area contributed by atoms with Crippen LogP contribution < -0.4 is 5.32 Å². The van der Waals surface area contributed by atoms with E-state index in [-0.39, 0.29) is 5.15 Å². The van der Waals surface area contributed by atoms with Crippen LogP contribution in [-0.4, -0.2) is 17.6 Å². The zero-order chi connectivity index (χ0) is 12.5. The molecule has 0 radical (unpaired) electrons. The Morgan fingerprint density at radius 3 is 3.22 bits per heavy atom. The third-order valence-corrected chi connectivity index (χ3v) is 4.23. The third kappa shape index (κ3) is 2.03. The Labute approximate surface area is 111 Å². The zero-order valence-corrected chi connectivity index (χ0v) is 10.7. The highest BCUT2D eigenvalue weighted by Crippen LogP contribution is 2.35. The van der Waals surface area contributed by atoms with Gasteiger partial charge >= 0.3 is 0 Å². The van der Waals surface area contributed by atoms with Crippen molar-refractivity contribution < 1.29 is 0 Å². The van der Waals surface area contributed by atoms with Crippen LogP contribution in [0.3, 0.4) is 0 Å². The lowest BCUT2D eigenvalue weighted by Crippen LogP contribution is -2.29. The Bertz CT molecular complexity index is 544. The summed E-state index contributed by atoms with van der Waals surface area (Å²) in [6.07, 6.45) is 7.48. The van der Waals surface area contributed by atoms with Gasteiger partial charge in [0.1, 0.15) is 11.2 Å². The lowest BCUT2D eigenvalue weighted by atomic mass is 9.83. The molecule has 0 spiro atoms. The number of fused-ring (bicyclic) bond motifs is 1. The van der Waals surface area contributed by atoms with E-state index in [4.69, 9.17) is 16.9 Å². The van der Waals surface area contributed by atoms with Gasteiger partial charge < -0.3 is 5.32 Å². The summed E-state index contributed by atoms with van der Waals surface area (Å²) in [6.45, 7) is 1.12. The van der Waals surface area contributed by atoms with Crippen molar-refractivity contribution in [3.05, 3.63) is 34.6 Å². The summed E-state index contributed by atoms with van der Waals surface area (Å²) in [5.41, 5.74) is 2.77. The third-order valence-electron chi connectivity index (χ3n) is 3.93. The van der Waals surface area contributed by atoms with E-state index in [1.165, 1.54) is 12.0 Å². The predicted octanol–water partition coefficient (Wildman–Crippen LogP) is 2.76. The molecule has 1 N–H and O–H groups in total. The quantitative estimate of drug-likeness (QED) is 0.789. The molecule has 92 valence electrons. The van der Waals surface area contributed by atoms with Crippen LogP contribution in [0.25, 0.3) is 5.57 Å². The number of halogens is 1. The average Bonchev–Trinajstić information content (AvgIpc) is 2.86. The van der Waals surface area contributed by atoms with Crippen molar-refractivity contribution in [2.45, 2.75) is 25.3 Å². The number of pyridine rings is 1. The fraction of sp³-hybridized carbons (Fsp3) is 0.429. The molecule has 0 aromatic carbocycles. The van der Waals surface area contributed by atoms with Crippen molar-refractivity contribution in [2.24, 2.45) is 5.92 Å². The van der Waals surface area contributed by atoms with Crippen LogP contribution in [0.1, 0.15) is 30.4 Å². The highest BCUT2D eigenvalue weighted by atomic mass is 35.5. The van der Waals surface area contributed by atoms with E-state index in [0.29, 0.717) is 11.6 Å². The van der Waals surface area contributed by atoms with Crippen LogP contribution in [0.15, 0.2) is 18.3 Å². The average molecular weight is 260 g/mol. The molecule has 0 unspecified atom stereocenters. The Hall–Kier alpha value is -1.37. The number of aromatic nitrogens is 1. The van der Waals surface area contributed by atoms with Gasteiger partial charge in [-0.15, -0.1) is 0 Å². The molecular weight excluding hydrogens is 246 g/mol. The van der Waals surface area contributed by atoms with E-state index in [1.807, 2.05) is 6.07 Å². The largest absolute Gasteiger partial charge is 0.313 e. The minimum absolute atomic E-state index is 0.287. The summed E-state index contributed by atoms with van der Waals surface area (Å²) in [5.74, 6) is 0.782. The Morgan fingerprint density at radius 1 is 1.50 bits per heavy atom. The molecule has 1 aliphatic heterocycles. The summed E-state index contributed by atoms with van der Waals surface area (Å²) in [5, 5.41) is 12.8. The van der Waals surface area contributed by atoms with E-state index in [0.717, 1.165) is 30.9 Å². The van der Waals surface area contributed by atoms with Crippen molar-refractivity contribution in [3.63, 3.8) is 0 Å². The first-order valence-corrected chi connectivity index (χ1v) is 6.64. The smallest absolute Gasteiger partial charge is 0.146 e. The topological polar surface area (TPSA) is 48.7 Å². The summed E-state index contributed by atoms with van der Waals surface area (Å²) in [6, 6.07) is 4.52. The van der Waals surface area contributed by atoms with Gasteiger partial charge in [-0.3, -0.25) is 0 Å². The Kier molecular flexibility index (Phi) is 3.07. The Balaban J connectivity index is 1.89. The molecule has 3 nitrogen and oxygen atoms in total. The molecule has 0 amide bonds. The van der Waals surface area contributed by atoms with Crippen molar-refractivity contribution in [3.8, 4) is 6.07 Å². The summed E-state index contributed by atoms with van der Waals surface area (Å²) >= 11 is 5.86. The van der Waals surface area contributed by atoms with Gasteiger partial charge in [0.15, 0.2) is 0 Å². The molecule has 2 heterocycles. The summed E-state index contributed by atoms with van der Waals surface area (Å²) in [4.78, 5) is 4.09. The second-order valence-electron chi connectivity index (χ2n) is 4.95. The number of nitrogens with zero attached hydrogens (tertiary/aromatic N) is 2. The number of rotatable bonds is 1. The van der Waals surface area contributed by atoms with Gasteiger partial charge in [-0.25, -0.2) is 4.98 Å². The number of nitrogens with one attached hydrogen (secondary N) is 1. The van der Waals surface area contributed by atoms with Crippen molar-refractivity contribution >= 4 is 17.2 Å². The lowest BCUT2D eigenvalue weighted by molar-refractivity contribution is 0.445. The lowest BCUT2D eigenvalue weighted by Gasteiger charge is -2.25. The van der Waals surface area contributed by atoms with Crippen molar-refractivity contribution in [1.82, 2.24) is 10.3 Å². The molecule has 4 heteroatoms. The van der Waals surface area contributed by atoms with Gasteiger partial charge in [0.2, 0.25) is 0 Å². The molecule has 2 atom stereocenters. The molecule has 1 saturated heterocycles. The van der Waals surface area contributed by atoms with Crippen molar-refractivity contribution in [1.29, 1.82) is 5.26 Å². The maximum absolute atomic E-state index is 8.99. The fourth-order valence-corrected chi connectivity index (χ4v) is 3.04.